The summed E-state index contributed by atoms with van der Waals surface area (Å²) in [7, 11) is 3.48. The first-order valence-electron chi connectivity index (χ1n) is 9.73. The van der Waals surface area contributed by atoms with Crippen molar-refractivity contribution in [3.8, 4) is 6.07 Å². The molecule has 0 bridgehead atoms. The molecule has 1 N–H and O–H groups in total. The highest BCUT2D eigenvalue weighted by Gasteiger charge is 2.41. The number of rotatable bonds is 7. The van der Waals surface area contributed by atoms with Crippen molar-refractivity contribution in [2.75, 3.05) is 14.1 Å². The zero-order valence-corrected chi connectivity index (χ0v) is 16.5. The van der Waals surface area contributed by atoms with Gasteiger partial charge in [-0.25, -0.2) is 9.48 Å². The third-order valence-corrected chi connectivity index (χ3v) is 5.54. The van der Waals surface area contributed by atoms with Gasteiger partial charge in [0, 0.05) is 14.1 Å². The first-order valence-corrected chi connectivity index (χ1v) is 9.73. The van der Waals surface area contributed by atoms with E-state index in [9.17, 15) is 10.1 Å². The summed E-state index contributed by atoms with van der Waals surface area (Å²) in [4.78, 5) is 14.0. The Morgan fingerprint density at radius 1 is 1.46 bits per heavy atom. The van der Waals surface area contributed by atoms with E-state index in [-0.39, 0.29) is 12.1 Å². The van der Waals surface area contributed by atoms with Gasteiger partial charge in [0.1, 0.15) is 11.7 Å². The molecule has 1 aliphatic rings. The van der Waals surface area contributed by atoms with Crippen molar-refractivity contribution >= 4 is 6.03 Å². The van der Waals surface area contributed by atoms with Crippen LogP contribution in [0.15, 0.2) is 6.20 Å². The molecule has 2 rings (SSSR count). The summed E-state index contributed by atoms with van der Waals surface area (Å²) in [6.07, 6.45) is 10.3. The number of nitrogens with zero attached hydrogens (tertiary/aromatic N) is 5. The molecule has 1 aliphatic carbocycles. The van der Waals surface area contributed by atoms with Gasteiger partial charge in [0.2, 0.25) is 0 Å². The summed E-state index contributed by atoms with van der Waals surface area (Å²) in [6.45, 7) is 4.16. The molecule has 1 heterocycles. The normalized spacial score (nSPS) is 18.6. The second kappa shape index (κ2) is 9.02. The van der Waals surface area contributed by atoms with Crippen molar-refractivity contribution in [3.63, 3.8) is 0 Å². The molecule has 0 saturated heterocycles. The van der Waals surface area contributed by atoms with Crippen molar-refractivity contribution < 1.29 is 4.79 Å². The van der Waals surface area contributed by atoms with E-state index in [1.165, 1.54) is 19.3 Å². The number of aromatic nitrogens is 3. The Labute approximate surface area is 156 Å². The van der Waals surface area contributed by atoms with Crippen LogP contribution in [0.2, 0.25) is 0 Å². The minimum Gasteiger partial charge on any atom is -0.331 e. The number of urea groups is 1. The van der Waals surface area contributed by atoms with E-state index in [1.54, 1.807) is 23.7 Å². The molecule has 2 amide bonds. The molecular weight excluding hydrogens is 328 g/mol. The topological polar surface area (TPSA) is 86.8 Å². The molecule has 7 nitrogen and oxygen atoms in total. The Morgan fingerprint density at radius 3 is 2.73 bits per heavy atom. The maximum atomic E-state index is 12.4. The SMILES string of the molecule is CCCC[C@@H](C#N)n1cc([C@@](C)(NC(=O)N(C)C)C2CCCCC2)nn1. The van der Waals surface area contributed by atoms with Gasteiger partial charge in [0.15, 0.2) is 0 Å². The summed E-state index contributed by atoms with van der Waals surface area (Å²) >= 11 is 0. The number of nitrogens with one attached hydrogen (secondary N) is 1. The zero-order chi connectivity index (χ0) is 19.2. The molecule has 0 unspecified atom stereocenters. The molecule has 1 fully saturated rings. The fraction of sp³-hybridized carbons (Fsp3) is 0.789. The summed E-state index contributed by atoms with van der Waals surface area (Å²) in [5.74, 6) is 0.321. The lowest BCUT2D eigenvalue weighted by Crippen LogP contribution is -2.52. The quantitative estimate of drug-likeness (QED) is 0.805. The Hall–Kier alpha value is -2.10. The minimum absolute atomic E-state index is 0.129. The van der Waals surface area contributed by atoms with E-state index < -0.39 is 5.54 Å². The van der Waals surface area contributed by atoms with Gasteiger partial charge < -0.3 is 10.2 Å². The van der Waals surface area contributed by atoms with E-state index in [0.29, 0.717) is 5.92 Å². The van der Waals surface area contributed by atoms with Gasteiger partial charge in [-0.3, -0.25) is 0 Å². The fourth-order valence-electron chi connectivity index (χ4n) is 3.71. The van der Waals surface area contributed by atoms with Gasteiger partial charge in [0.05, 0.1) is 17.8 Å². The largest absolute Gasteiger partial charge is 0.331 e. The summed E-state index contributed by atoms with van der Waals surface area (Å²) in [5.41, 5.74) is 0.168. The number of carbonyl (C=O) groups is 1. The third-order valence-electron chi connectivity index (χ3n) is 5.54. The van der Waals surface area contributed by atoms with E-state index in [0.717, 1.165) is 37.8 Å². The molecule has 144 valence electrons. The second-order valence-electron chi connectivity index (χ2n) is 7.73. The van der Waals surface area contributed by atoms with Gasteiger partial charge in [0.25, 0.3) is 0 Å². The molecule has 0 spiro atoms. The Kier molecular flexibility index (Phi) is 7.01. The monoisotopic (exact) mass is 360 g/mol. The Morgan fingerprint density at radius 2 is 2.15 bits per heavy atom. The zero-order valence-electron chi connectivity index (χ0n) is 16.5. The van der Waals surface area contributed by atoms with E-state index in [1.807, 2.05) is 13.1 Å². The predicted octanol–water partition coefficient (Wildman–Crippen LogP) is 3.60. The fourth-order valence-corrected chi connectivity index (χ4v) is 3.71. The van der Waals surface area contributed by atoms with Gasteiger partial charge in [-0.05, 0) is 32.1 Å². The lowest BCUT2D eigenvalue weighted by Gasteiger charge is -2.39. The van der Waals surface area contributed by atoms with Gasteiger partial charge in [-0.2, -0.15) is 5.26 Å². The number of amides is 2. The number of unbranched alkanes of at least 4 members (excludes halogenated alkanes) is 1. The van der Waals surface area contributed by atoms with Crippen LogP contribution in [-0.2, 0) is 5.54 Å². The van der Waals surface area contributed by atoms with Crippen LogP contribution in [0.5, 0.6) is 0 Å². The average Bonchev–Trinajstić information content (AvgIpc) is 3.13. The first kappa shape index (κ1) is 20.2. The molecule has 0 aliphatic heterocycles. The van der Waals surface area contributed by atoms with E-state index in [2.05, 4.69) is 28.6 Å². The van der Waals surface area contributed by atoms with Crippen molar-refractivity contribution in [3.05, 3.63) is 11.9 Å². The minimum atomic E-state index is -0.579. The van der Waals surface area contributed by atoms with Gasteiger partial charge in [-0.15, -0.1) is 5.10 Å². The van der Waals surface area contributed by atoms with Crippen LogP contribution < -0.4 is 5.32 Å². The standard InChI is InChI=1S/C19H32N6O/c1-5-6-12-16(13-20)25-14-17(22-23-25)19(2,21-18(26)24(3)4)15-10-8-7-9-11-15/h14-16H,5-12H2,1-4H3,(H,21,26)/t16-,19-/m0/s1. The highest BCUT2D eigenvalue weighted by Crippen LogP contribution is 2.38. The highest BCUT2D eigenvalue weighted by atomic mass is 16.2. The molecule has 2 atom stereocenters. The molecule has 7 heteroatoms. The van der Waals surface area contributed by atoms with Crippen LogP contribution in [-0.4, -0.2) is 40.0 Å². The van der Waals surface area contributed by atoms with Crippen molar-refractivity contribution in [2.45, 2.75) is 76.8 Å². The van der Waals surface area contributed by atoms with Gasteiger partial charge >= 0.3 is 6.03 Å². The van der Waals surface area contributed by atoms with Crippen LogP contribution in [0.3, 0.4) is 0 Å². The Bertz CT molecular complexity index is 628. The van der Waals surface area contributed by atoms with Crippen molar-refractivity contribution in [2.24, 2.45) is 5.92 Å². The molecule has 1 saturated carbocycles. The molecule has 26 heavy (non-hydrogen) atoms. The second-order valence-corrected chi connectivity index (χ2v) is 7.73. The molecule has 1 aromatic heterocycles. The number of carbonyl (C=O) groups excluding carboxylic acids is 1. The van der Waals surface area contributed by atoms with E-state index >= 15 is 0 Å². The predicted molar refractivity (Wildman–Crippen MR) is 100 cm³/mol. The number of hydrogen-bond donors (Lipinski definition) is 1. The van der Waals surface area contributed by atoms with Crippen LogP contribution in [0.4, 0.5) is 4.79 Å². The van der Waals surface area contributed by atoms with Crippen LogP contribution in [0.25, 0.3) is 0 Å². The lowest BCUT2D eigenvalue weighted by molar-refractivity contribution is 0.156. The maximum absolute atomic E-state index is 12.4. The maximum Gasteiger partial charge on any atom is 0.317 e. The molecular formula is C19H32N6O. The summed E-state index contributed by atoms with van der Waals surface area (Å²) < 4.78 is 1.66. The first-order chi connectivity index (χ1) is 12.4. The lowest BCUT2D eigenvalue weighted by atomic mass is 9.74. The van der Waals surface area contributed by atoms with Crippen molar-refractivity contribution in [1.29, 1.82) is 5.26 Å². The highest BCUT2D eigenvalue weighted by molar-refractivity contribution is 5.74. The molecule has 0 aromatic carbocycles. The smallest absolute Gasteiger partial charge is 0.317 e. The summed E-state index contributed by atoms with van der Waals surface area (Å²) in [5, 5.41) is 21.3. The Balaban J connectivity index is 2.30. The molecule has 0 radical (unpaired) electrons. The van der Waals surface area contributed by atoms with Crippen LogP contribution >= 0.6 is 0 Å². The van der Waals surface area contributed by atoms with Crippen LogP contribution in [0, 0.1) is 17.2 Å². The van der Waals surface area contributed by atoms with Gasteiger partial charge in [-0.1, -0.05) is 44.2 Å². The number of hydrogen-bond acceptors (Lipinski definition) is 4. The summed E-state index contributed by atoms with van der Waals surface area (Å²) in [6, 6.07) is 1.88. The average molecular weight is 361 g/mol. The third kappa shape index (κ3) is 4.54. The number of nitriles is 1. The van der Waals surface area contributed by atoms with E-state index in [4.69, 9.17) is 0 Å². The molecule has 1 aromatic rings. The van der Waals surface area contributed by atoms with Crippen molar-refractivity contribution in [1.82, 2.24) is 25.2 Å². The van der Waals surface area contributed by atoms with Crippen LogP contribution in [0.1, 0.15) is 76.9 Å².